The van der Waals surface area contributed by atoms with Gasteiger partial charge in [0, 0.05) is 5.75 Å². The third-order valence-electron chi connectivity index (χ3n) is 4.69. The van der Waals surface area contributed by atoms with Crippen molar-refractivity contribution in [1.29, 1.82) is 0 Å². The van der Waals surface area contributed by atoms with Crippen molar-refractivity contribution in [1.82, 2.24) is 16.0 Å². The fraction of sp³-hybridized carbons (Fsp3) is 0.476. The monoisotopic (exact) mass is 514 g/mol. The van der Waals surface area contributed by atoms with Gasteiger partial charge in [0.25, 0.3) is 0 Å². The Morgan fingerprint density at radius 2 is 1.50 bits per heavy atom. The smallest absolute Gasteiger partial charge is 0.326 e. The zero-order valence-corrected chi connectivity index (χ0v) is 20.3. The average molecular weight is 515 g/mol. The minimum Gasteiger partial charge on any atom is -0.481 e. The summed E-state index contributed by atoms with van der Waals surface area (Å²) < 4.78 is 0. The number of hydrogen-bond donors (Lipinski definition) is 7. The molecular formula is C21H30N4O7S2. The predicted molar refractivity (Wildman–Crippen MR) is 131 cm³/mol. The molecule has 11 nitrogen and oxygen atoms in total. The summed E-state index contributed by atoms with van der Waals surface area (Å²) in [4.78, 5) is 60.3. The highest BCUT2D eigenvalue weighted by Crippen LogP contribution is 2.05. The molecule has 0 fully saturated rings. The van der Waals surface area contributed by atoms with Crippen molar-refractivity contribution in [2.45, 2.75) is 43.4 Å². The Balaban J connectivity index is 2.82. The minimum absolute atomic E-state index is 0.116. The molecule has 0 saturated heterocycles. The number of carbonyl (C=O) groups excluding carboxylic acids is 3. The molecule has 0 bridgehead atoms. The summed E-state index contributed by atoms with van der Waals surface area (Å²) in [5.74, 6) is -4.81. The van der Waals surface area contributed by atoms with Crippen LogP contribution in [0.2, 0.25) is 0 Å². The third kappa shape index (κ3) is 10.4. The number of carbonyl (C=O) groups is 5. The first-order valence-electron chi connectivity index (χ1n) is 10.3. The molecular weight excluding hydrogens is 484 g/mol. The molecule has 1 aromatic carbocycles. The standard InChI is InChI=1S/C21H30N4O7S2/c1-34-8-7-14(21(31)32)23-19(29)15(10-17(26)27)24-20(30)16(11-33)25-18(28)13(22)9-12-5-3-2-4-6-12/h2-6,13-16,33H,7-11,22H2,1H3,(H,23,29)(H,24,30)(H,25,28)(H,26,27)(H,31,32). The highest BCUT2D eigenvalue weighted by atomic mass is 32.2. The average Bonchev–Trinajstić information content (AvgIpc) is 2.79. The van der Waals surface area contributed by atoms with E-state index in [-0.39, 0.29) is 18.6 Å². The van der Waals surface area contributed by atoms with E-state index in [0.717, 1.165) is 5.56 Å². The van der Waals surface area contributed by atoms with Gasteiger partial charge in [0.05, 0.1) is 12.5 Å². The molecule has 0 saturated carbocycles. The molecule has 1 aromatic rings. The molecule has 0 radical (unpaired) electrons. The van der Waals surface area contributed by atoms with Crippen molar-refractivity contribution in [3.05, 3.63) is 35.9 Å². The van der Waals surface area contributed by atoms with E-state index in [4.69, 9.17) is 10.8 Å². The van der Waals surface area contributed by atoms with Crippen LogP contribution >= 0.6 is 24.4 Å². The maximum atomic E-state index is 12.7. The van der Waals surface area contributed by atoms with Crippen LogP contribution in [0.5, 0.6) is 0 Å². The SMILES string of the molecule is CSCCC(NC(=O)C(CC(=O)O)NC(=O)C(CS)NC(=O)C(N)Cc1ccccc1)C(=O)O. The summed E-state index contributed by atoms with van der Waals surface area (Å²) in [6.07, 6.45) is 1.33. The number of rotatable bonds is 15. The lowest BCUT2D eigenvalue weighted by atomic mass is 10.1. The zero-order valence-electron chi connectivity index (χ0n) is 18.6. The van der Waals surface area contributed by atoms with Gasteiger partial charge in [-0.2, -0.15) is 24.4 Å². The van der Waals surface area contributed by atoms with Crippen molar-refractivity contribution in [3.63, 3.8) is 0 Å². The van der Waals surface area contributed by atoms with E-state index >= 15 is 0 Å². The van der Waals surface area contributed by atoms with Gasteiger partial charge in [-0.3, -0.25) is 19.2 Å². The molecule has 0 aliphatic heterocycles. The number of benzene rings is 1. The van der Waals surface area contributed by atoms with Crippen LogP contribution in [0.4, 0.5) is 0 Å². The molecule has 0 aliphatic rings. The van der Waals surface area contributed by atoms with Crippen LogP contribution < -0.4 is 21.7 Å². The number of amides is 3. The number of nitrogens with two attached hydrogens (primary N) is 1. The molecule has 3 amide bonds. The summed E-state index contributed by atoms with van der Waals surface area (Å²) >= 11 is 5.43. The molecule has 4 unspecified atom stereocenters. The van der Waals surface area contributed by atoms with Crippen LogP contribution in [0.15, 0.2) is 30.3 Å². The second-order valence-corrected chi connectivity index (χ2v) is 8.73. The van der Waals surface area contributed by atoms with Crippen molar-refractivity contribution in [2.75, 3.05) is 17.8 Å². The molecule has 0 aliphatic carbocycles. The number of carboxylic acids is 2. The minimum atomic E-state index is -1.56. The third-order valence-corrected chi connectivity index (χ3v) is 5.70. The molecule has 4 atom stereocenters. The first-order valence-corrected chi connectivity index (χ1v) is 12.4. The van der Waals surface area contributed by atoms with Gasteiger partial charge in [0.15, 0.2) is 0 Å². The number of thiol groups is 1. The Morgan fingerprint density at radius 3 is 2.03 bits per heavy atom. The Labute approximate surface area is 207 Å². The van der Waals surface area contributed by atoms with Crippen LogP contribution in [-0.2, 0) is 30.4 Å². The Bertz CT molecular complexity index is 857. The van der Waals surface area contributed by atoms with Gasteiger partial charge >= 0.3 is 11.9 Å². The van der Waals surface area contributed by atoms with Gasteiger partial charge in [-0.25, -0.2) is 4.79 Å². The number of hydrogen-bond acceptors (Lipinski definition) is 8. The molecule has 13 heteroatoms. The Hall–Kier alpha value is -2.77. The summed E-state index contributed by atoms with van der Waals surface area (Å²) in [6, 6.07) is 4.06. The van der Waals surface area contributed by atoms with Crippen LogP contribution in [-0.4, -0.2) is 81.8 Å². The molecule has 1 rings (SSSR count). The highest BCUT2D eigenvalue weighted by Gasteiger charge is 2.31. The van der Waals surface area contributed by atoms with Gasteiger partial charge < -0.3 is 31.9 Å². The van der Waals surface area contributed by atoms with Gasteiger partial charge in [-0.15, -0.1) is 0 Å². The van der Waals surface area contributed by atoms with Crippen molar-refractivity contribution in [3.8, 4) is 0 Å². The summed E-state index contributed by atoms with van der Waals surface area (Å²) in [7, 11) is 0. The maximum absolute atomic E-state index is 12.7. The number of aliphatic carboxylic acids is 2. The van der Waals surface area contributed by atoms with Crippen LogP contribution in [0.25, 0.3) is 0 Å². The van der Waals surface area contributed by atoms with Crippen molar-refractivity contribution < 1.29 is 34.2 Å². The lowest BCUT2D eigenvalue weighted by Crippen LogP contribution is -2.58. The van der Waals surface area contributed by atoms with E-state index in [1.165, 1.54) is 11.8 Å². The highest BCUT2D eigenvalue weighted by molar-refractivity contribution is 7.98. The maximum Gasteiger partial charge on any atom is 0.326 e. The van der Waals surface area contributed by atoms with E-state index in [0.29, 0.717) is 5.75 Å². The number of nitrogens with one attached hydrogen (secondary N) is 3. The lowest BCUT2D eigenvalue weighted by molar-refractivity contribution is -0.143. The zero-order chi connectivity index (χ0) is 25.7. The lowest BCUT2D eigenvalue weighted by Gasteiger charge is -2.24. The van der Waals surface area contributed by atoms with E-state index in [9.17, 15) is 29.1 Å². The van der Waals surface area contributed by atoms with E-state index in [1.807, 2.05) is 6.07 Å². The molecule has 0 heterocycles. The Morgan fingerprint density at radius 1 is 0.941 bits per heavy atom. The molecule has 188 valence electrons. The topological polar surface area (TPSA) is 188 Å². The second kappa shape index (κ2) is 15.2. The number of carboxylic acid groups (broad SMARTS) is 2. The molecule has 0 spiro atoms. The predicted octanol–water partition coefficient (Wildman–Crippen LogP) is -0.747. The number of thioether (sulfide) groups is 1. The summed E-state index contributed by atoms with van der Waals surface area (Å²) in [5.41, 5.74) is 6.75. The first-order chi connectivity index (χ1) is 16.1. The first kappa shape index (κ1) is 29.3. The van der Waals surface area contributed by atoms with Gasteiger partial charge in [-0.1, -0.05) is 30.3 Å². The quantitative estimate of drug-likeness (QED) is 0.148. The largest absolute Gasteiger partial charge is 0.481 e. The molecule has 7 N–H and O–H groups in total. The molecule has 34 heavy (non-hydrogen) atoms. The second-order valence-electron chi connectivity index (χ2n) is 7.38. The van der Waals surface area contributed by atoms with Gasteiger partial charge in [-0.05, 0) is 30.4 Å². The van der Waals surface area contributed by atoms with Crippen LogP contribution in [0.1, 0.15) is 18.4 Å². The fourth-order valence-corrected chi connectivity index (χ4v) is 3.58. The molecule has 0 aromatic heterocycles. The van der Waals surface area contributed by atoms with E-state index in [2.05, 4.69) is 28.6 Å². The van der Waals surface area contributed by atoms with Gasteiger partial charge in [0.1, 0.15) is 18.1 Å². The fourth-order valence-electron chi connectivity index (χ4n) is 2.86. The summed E-state index contributed by atoms with van der Waals surface area (Å²) in [6.45, 7) is 0. The van der Waals surface area contributed by atoms with Gasteiger partial charge in [0.2, 0.25) is 17.7 Å². The van der Waals surface area contributed by atoms with E-state index in [1.54, 1.807) is 30.5 Å². The Kier molecular flexibility index (Phi) is 13.1. The normalized spacial score (nSPS) is 14.2. The summed E-state index contributed by atoms with van der Waals surface area (Å²) in [5, 5.41) is 25.4. The van der Waals surface area contributed by atoms with Crippen LogP contribution in [0, 0.1) is 0 Å². The van der Waals surface area contributed by atoms with Crippen LogP contribution in [0.3, 0.4) is 0 Å². The van der Waals surface area contributed by atoms with Crippen molar-refractivity contribution in [2.24, 2.45) is 5.73 Å². The van der Waals surface area contributed by atoms with Crippen molar-refractivity contribution >= 4 is 54.1 Å². The van der Waals surface area contributed by atoms with E-state index < -0.39 is 60.2 Å².